The minimum atomic E-state index is -0.0366. The first-order valence-electron chi connectivity index (χ1n) is 6.31. The van der Waals surface area contributed by atoms with Crippen molar-refractivity contribution in [3.63, 3.8) is 0 Å². The molecule has 0 radical (unpaired) electrons. The smallest absolute Gasteiger partial charge is 0.251 e. The Labute approximate surface area is 116 Å². The van der Waals surface area contributed by atoms with E-state index >= 15 is 0 Å². The standard InChI is InChI=1S/C14H18BrNO2/c1-9-8-12(17)6-7-13(9)14(18)16-11-4-2-10(15)3-5-11/h6-8,10-11,17H,2-5H2,1H3,(H,16,18). The highest BCUT2D eigenvalue weighted by Crippen LogP contribution is 2.24. The van der Waals surface area contributed by atoms with Gasteiger partial charge in [-0.05, 0) is 56.4 Å². The van der Waals surface area contributed by atoms with Crippen LogP contribution in [0.15, 0.2) is 18.2 Å². The predicted octanol–water partition coefficient (Wildman–Crippen LogP) is 3.14. The molecule has 1 aromatic carbocycles. The Kier molecular flexibility index (Phi) is 4.27. The SMILES string of the molecule is Cc1cc(O)ccc1C(=O)NC1CCC(Br)CC1. The van der Waals surface area contributed by atoms with Gasteiger partial charge in [-0.15, -0.1) is 0 Å². The molecule has 1 fully saturated rings. The number of aromatic hydroxyl groups is 1. The number of hydrogen-bond acceptors (Lipinski definition) is 2. The van der Waals surface area contributed by atoms with Gasteiger partial charge in [-0.1, -0.05) is 15.9 Å². The molecule has 2 rings (SSSR count). The van der Waals surface area contributed by atoms with E-state index in [0.29, 0.717) is 10.4 Å². The van der Waals surface area contributed by atoms with Gasteiger partial charge in [0.15, 0.2) is 0 Å². The summed E-state index contributed by atoms with van der Waals surface area (Å²) in [6.07, 6.45) is 4.27. The molecular formula is C14H18BrNO2. The van der Waals surface area contributed by atoms with Crippen LogP contribution >= 0.6 is 15.9 Å². The molecule has 0 aromatic heterocycles. The van der Waals surface area contributed by atoms with Gasteiger partial charge >= 0.3 is 0 Å². The number of carbonyl (C=O) groups excluding carboxylic acids is 1. The van der Waals surface area contributed by atoms with Gasteiger partial charge in [0.25, 0.3) is 5.91 Å². The number of phenolic OH excluding ortho intramolecular Hbond substituents is 1. The van der Waals surface area contributed by atoms with E-state index in [1.54, 1.807) is 18.2 Å². The molecule has 0 atom stereocenters. The van der Waals surface area contributed by atoms with Crippen LogP contribution in [0.5, 0.6) is 5.75 Å². The summed E-state index contributed by atoms with van der Waals surface area (Å²) in [5, 5.41) is 12.4. The molecule has 3 nitrogen and oxygen atoms in total. The van der Waals surface area contributed by atoms with Crippen LogP contribution in [-0.4, -0.2) is 21.9 Å². The maximum atomic E-state index is 12.1. The van der Waals surface area contributed by atoms with E-state index in [2.05, 4.69) is 21.2 Å². The second-order valence-corrected chi connectivity index (χ2v) is 6.22. The second kappa shape index (κ2) is 5.74. The molecule has 0 saturated heterocycles. The molecule has 0 bridgehead atoms. The lowest BCUT2D eigenvalue weighted by atomic mass is 9.95. The van der Waals surface area contributed by atoms with E-state index in [-0.39, 0.29) is 17.7 Å². The Hall–Kier alpha value is -1.03. The molecular weight excluding hydrogens is 294 g/mol. The van der Waals surface area contributed by atoms with Gasteiger partial charge < -0.3 is 10.4 Å². The molecule has 1 saturated carbocycles. The van der Waals surface area contributed by atoms with E-state index in [0.717, 1.165) is 31.2 Å². The zero-order chi connectivity index (χ0) is 13.1. The Morgan fingerprint density at radius 3 is 2.61 bits per heavy atom. The van der Waals surface area contributed by atoms with Crippen LogP contribution in [0, 0.1) is 6.92 Å². The molecule has 1 aliphatic carbocycles. The van der Waals surface area contributed by atoms with E-state index in [9.17, 15) is 9.90 Å². The van der Waals surface area contributed by atoms with Gasteiger partial charge in [-0.3, -0.25) is 4.79 Å². The predicted molar refractivity (Wildman–Crippen MR) is 75.3 cm³/mol. The normalized spacial score (nSPS) is 23.7. The molecule has 98 valence electrons. The molecule has 1 amide bonds. The highest BCUT2D eigenvalue weighted by atomic mass is 79.9. The average Bonchev–Trinajstić information content (AvgIpc) is 2.32. The monoisotopic (exact) mass is 311 g/mol. The number of benzene rings is 1. The Morgan fingerprint density at radius 1 is 1.33 bits per heavy atom. The van der Waals surface area contributed by atoms with Crippen molar-refractivity contribution < 1.29 is 9.90 Å². The molecule has 1 aliphatic rings. The number of nitrogens with one attached hydrogen (secondary N) is 1. The zero-order valence-corrected chi connectivity index (χ0v) is 12.0. The number of aryl methyl sites for hydroxylation is 1. The summed E-state index contributed by atoms with van der Waals surface area (Å²) in [5.74, 6) is 0.161. The van der Waals surface area contributed by atoms with Gasteiger partial charge in [0.1, 0.15) is 5.75 Å². The fraction of sp³-hybridized carbons (Fsp3) is 0.500. The van der Waals surface area contributed by atoms with Crippen LogP contribution < -0.4 is 5.32 Å². The molecule has 0 unspecified atom stereocenters. The molecule has 0 heterocycles. The van der Waals surface area contributed by atoms with Gasteiger partial charge in [0.2, 0.25) is 0 Å². The van der Waals surface area contributed by atoms with Crippen LogP contribution in [0.2, 0.25) is 0 Å². The van der Waals surface area contributed by atoms with Crippen molar-refractivity contribution >= 4 is 21.8 Å². The third kappa shape index (κ3) is 3.25. The largest absolute Gasteiger partial charge is 0.508 e. The second-order valence-electron chi connectivity index (χ2n) is 4.92. The number of hydrogen-bond donors (Lipinski definition) is 2. The van der Waals surface area contributed by atoms with Gasteiger partial charge in [-0.25, -0.2) is 0 Å². The number of carbonyl (C=O) groups is 1. The summed E-state index contributed by atoms with van der Waals surface area (Å²) in [4.78, 5) is 12.7. The topological polar surface area (TPSA) is 49.3 Å². The first-order chi connectivity index (χ1) is 8.56. The fourth-order valence-corrected chi connectivity index (χ4v) is 2.89. The highest BCUT2D eigenvalue weighted by Gasteiger charge is 2.21. The third-order valence-electron chi connectivity index (χ3n) is 3.45. The minimum Gasteiger partial charge on any atom is -0.508 e. The maximum absolute atomic E-state index is 12.1. The fourth-order valence-electron chi connectivity index (χ4n) is 2.36. The molecule has 1 aromatic rings. The van der Waals surface area contributed by atoms with Crippen molar-refractivity contribution in [2.24, 2.45) is 0 Å². The van der Waals surface area contributed by atoms with Gasteiger partial charge in [0, 0.05) is 16.4 Å². The summed E-state index contributed by atoms with van der Waals surface area (Å²) in [5.41, 5.74) is 1.45. The average molecular weight is 312 g/mol. The van der Waals surface area contributed by atoms with Crippen molar-refractivity contribution in [2.75, 3.05) is 0 Å². The van der Waals surface area contributed by atoms with E-state index in [1.807, 2.05) is 6.92 Å². The molecule has 18 heavy (non-hydrogen) atoms. The first kappa shape index (κ1) is 13.4. The van der Waals surface area contributed by atoms with Crippen LogP contribution in [0.4, 0.5) is 0 Å². The van der Waals surface area contributed by atoms with E-state index < -0.39 is 0 Å². The van der Waals surface area contributed by atoms with E-state index in [1.165, 1.54) is 0 Å². The number of phenols is 1. The summed E-state index contributed by atoms with van der Waals surface area (Å²) in [6.45, 7) is 1.84. The van der Waals surface area contributed by atoms with Crippen molar-refractivity contribution in [3.8, 4) is 5.75 Å². The summed E-state index contributed by atoms with van der Waals surface area (Å²) >= 11 is 3.61. The number of halogens is 1. The summed E-state index contributed by atoms with van der Waals surface area (Å²) in [6, 6.07) is 5.12. The van der Waals surface area contributed by atoms with Crippen LogP contribution in [-0.2, 0) is 0 Å². The maximum Gasteiger partial charge on any atom is 0.251 e. The van der Waals surface area contributed by atoms with Crippen LogP contribution in [0.25, 0.3) is 0 Å². The van der Waals surface area contributed by atoms with Gasteiger partial charge in [0.05, 0.1) is 0 Å². The lowest BCUT2D eigenvalue weighted by Crippen LogP contribution is -2.38. The Morgan fingerprint density at radius 2 is 2.00 bits per heavy atom. The molecule has 0 aliphatic heterocycles. The molecule has 2 N–H and O–H groups in total. The molecule has 0 spiro atoms. The summed E-state index contributed by atoms with van der Waals surface area (Å²) in [7, 11) is 0. The number of amides is 1. The lowest BCUT2D eigenvalue weighted by molar-refractivity contribution is 0.0927. The van der Waals surface area contributed by atoms with Gasteiger partial charge in [-0.2, -0.15) is 0 Å². The Balaban J connectivity index is 1.99. The zero-order valence-electron chi connectivity index (χ0n) is 10.4. The van der Waals surface area contributed by atoms with E-state index in [4.69, 9.17) is 0 Å². The summed E-state index contributed by atoms with van der Waals surface area (Å²) < 4.78 is 0. The van der Waals surface area contributed by atoms with Crippen molar-refractivity contribution in [3.05, 3.63) is 29.3 Å². The Bertz CT molecular complexity index is 439. The first-order valence-corrected chi connectivity index (χ1v) is 7.22. The highest BCUT2D eigenvalue weighted by molar-refractivity contribution is 9.09. The number of alkyl halides is 1. The van der Waals surface area contributed by atoms with Crippen molar-refractivity contribution in [2.45, 2.75) is 43.5 Å². The molecule has 4 heteroatoms. The quantitative estimate of drug-likeness (QED) is 0.824. The lowest BCUT2D eigenvalue weighted by Gasteiger charge is -2.26. The number of rotatable bonds is 2. The van der Waals surface area contributed by atoms with Crippen LogP contribution in [0.3, 0.4) is 0 Å². The van der Waals surface area contributed by atoms with Crippen LogP contribution in [0.1, 0.15) is 41.6 Å². The van der Waals surface area contributed by atoms with Crippen molar-refractivity contribution in [1.29, 1.82) is 0 Å². The minimum absolute atomic E-state index is 0.0366. The third-order valence-corrected chi connectivity index (χ3v) is 4.36. The van der Waals surface area contributed by atoms with Crippen molar-refractivity contribution in [1.82, 2.24) is 5.32 Å².